The molecule has 0 saturated heterocycles. The molecule has 0 amide bonds. The lowest BCUT2D eigenvalue weighted by atomic mass is 10.1. The van der Waals surface area contributed by atoms with E-state index < -0.39 is 0 Å². The molecule has 3 aromatic rings. The van der Waals surface area contributed by atoms with Gasteiger partial charge in [0.2, 0.25) is 0 Å². The third-order valence-electron chi connectivity index (χ3n) is 4.17. The average Bonchev–Trinajstić information content (AvgIpc) is 2.78. The number of allylic oxidation sites excluding steroid dienone is 1. The van der Waals surface area contributed by atoms with Crippen molar-refractivity contribution in [2.75, 3.05) is 14.2 Å². The standard InChI is InChI=1S/C15H13NO3.C9H10O3/c1-19-12-5-6-13(15(18)9-12)14(17)7-4-11-3-2-8-16-10-11;1-6(10)8-4-3-7(12-2)5-9(8)11/h2-10,18H,1H3;3-5,11H,1-2H3/b7-4+;. The highest BCUT2D eigenvalue weighted by atomic mass is 16.5. The second-order valence-corrected chi connectivity index (χ2v) is 6.31. The van der Waals surface area contributed by atoms with E-state index in [1.54, 1.807) is 36.7 Å². The lowest BCUT2D eigenvalue weighted by molar-refractivity contribution is 0.101. The molecule has 2 N–H and O–H groups in total. The number of nitrogens with zero attached hydrogens (tertiary/aromatic N) is 1. The van der Waals surface area contributed by atoms with Gasteiger partial charge in [-0.15, -0.1) is 0 Å². The zero-order chi connectivity index (χ0) is 22.8. The van der Waals surface area contributed by atoms with Crippen LogP contribution in [0.1, 0.15) is 33.2 Å². The Hall–Kier alpha value is -4.13. The molecule has 0 saturated carbocycles. The van der Waals surface area contributed by atoms with Gasteiger partial charge in [-0.3, -0.25) is 14.6 Å². The van der Waals surface area contributed by atoms with Gasteiger partial charge in [0.15, 0.2) is 11.6 Å². The molecule has 7 nitrogen and oxygen atoms in total. The quantitative estimate of drug-likeness (QED) is 0.452. The number of ketones is 2. The van der Waals surface area contributed by atoms with Gasteiger partial charge in [-0.25, -0.2) is 0 Å². The minimum Gasteiger partial charge on any atom is -0.507 e. The smallest absolute Gasteiger partial charge is 0.189 e. The number of Topliss-reactive ketones (excluding diaryl/α,β-unsaturated/α-hetero) is 1. The maximum Gasteiger partial charge on any atom is 0.189 e. The predicted octanol–water partition coefficient (Wildman–Crippen LogP) is 4.30. The number of phenolic OH excluding ortho intramolecular Hbond substituents is 2. The molecular weight excluding hydrogens is 398 g/mol. The summed E-state index contributed by atoms with van der Waals surface area (Å²) in [6.45, 7) is 1.40. The van der Waals surface area contributed by atoms with Crippen molar-refractivity contribution in [2.45, 2.75) is 6.92 Å². The summed E-state index contributed by atoms with van der Waals surface area (Å²) < 4.78 is 9.82. The maximum absolute atomic E-state index is 11.9. The fraction of sp³-hybridized carbons (Fsp3) is 0.125. The highest BCUT2D eigenvalue weighted by Crippen LogP contribution is 2.24. The van der Waals surface area contributed by atoms with E-state index in [0.717, 1.165) is 5.56 Å². The van der Waals surface area contributed by atoms with Crippen molar-refractivity contribution >= 4 is 17.6 Å². The first-order valence-electron chi connectivity index (χ1n) is 9.23. The fourth-order valence-electron chi connectivity index (χ4n) is 2.52. The molecule has 1 aromatic heterocycles. The van der Waals surface area contributed by atoms with E-state index in [1.165, 1.54) is 51.5 Å². The number of hydrogen-bond donors (Lipinski definition) is 2. The highest BCUT2D eigenvalue weighted by molar-refractivity contribution is 6.08. The number of carbonyl (C=O) groups excluding carboxylic acids is 2. The maximum atomic E-state index is 11.9. The van der Waals surface area contributed by atoms with Gasteiger partial charge in [-0.1, -0.05) is 6.07 Å². The van der Waals surface area contributed by atoms with E-state index >= 15 is 0 Å². The van der Waals surface area contributed by atoms with Crippen LogP contribution < -0.4 is 9.47 Å². The molecular formula is C24H23NO6. The largest absolute Gasteiger partial charge is 0.507 e. The Balaban J connectivity index is 0.000000245. The molecule has 0 fully saturated rings. The van der Waals surface area contributed by atoms with Crippen LogP contribution in [0.3, 0.4) is 0 Å². The summed E-state index contributed by atoms with van der Waals surface area (Å²) in [6, 6.07) is 12.8. The van der Waals surface area contributed by atoms with Gasteiger partial charge in [-0.2, -0.15) is 0 Å². The molecule has 0 aliphatic heterocycles. The number of aromatic nitrogens is 1. The third-order valence-corrected chi connectivity index (χ3v) is 4.17. The molecule has 1 heterocycles. The second-order valence-electron chi connectivity index (χ2n) is 6.31. The van der Waals surface area contributed by atoms with Crippen LogP contribution in [0, 0.1) is 0 Å². The summed E-state index contributed by atoms with van der Waals surface area (Å²) in [5.41, 5.74) is 1.38. The number of ether oxygens (including phenoxy) is 2. The van der Waals surface area contributed by atoms with Crippen molar-refractivity contribution in [3.8, 4) is 23.0 Å². The first-order valence-corrected chi connectivity index (χ1v) is 9.23. The molecule has 0 spiro atoms. The summed E-state index contributed by atoms with van der Waals surface area (Å²) in [7, 11) is 3.00. The first kappa shape index (κ1) is 23.2. The number of carbonyl (C=O) groups is 2. The van der Waals surface area contributed by atoms with Crippen LogP contribution in [-0.4, -0.2) is 41.0 Å². The predicted molar refractivity (Wildman–Crippen MR) is 117 cm³/mol. The number of rotatable bonds is 6. The molecule has 0 atom stereocenters. The van der Waals surface area contributed by atoms with E-state index in [2.05, 4.69) is 4.98 Å². The Morgan fingerprint density at radius 3 is 1.94 bits per heavy atom. The molecule has 7 heteroatoms. The molecule has 0 aliphatic carbocycles. The zero-order valence-electron chi connectivity index (χ0n) is 17.4. The molecule has 160 valence electrons. The minimum absolute atomic E-state index is 0.0400. The highest BCUT2D eigenvalue weighted by Gasteiger charge is 2.09. The van der Waals surface area contributed by atoms with Crippen LogP contribution in [0.5, 0.6) is 23.0 Å². The van der Waals surface area contributed by atoms with Gasteiger partial charge in [0.1, 0.15) is 23.0 Å². The van der Waals surface area contributed by atoms with Crippen LogP contribution in [0.25, 0.3) is 6.08 Å². The van der Waals surface area contributed by atoms with Gasteiger partial charge < -0.3 is 19.7 Å². The van der Waals surface area contributed by atoms with Gasteiger partial charge in [0.05, 0.1) is 25.3 Å². The van der Waals surface area contributed by atoms with Crippen molar-refractivity contribution in [3.63, 3.8) is 0 Å². The van der Waals surface area contributed by atoms with Crippen molar-refractivity contribution in [2.24, 2.45) is 0 Å². The van der Waals surface area contributed by atoms with Crippen molar-refractivity contribution in [1.82, 2.24) is 4.98 Å². The first-order chi connectivity index (χ1) is 14.8. The Morgan fingerprint density at radius 2 is 1.48 bits per heavy atom. The number of methoxy groups -OCH3 is 2. The number of aromatic hydroxyl groups is 2. The summed E-state index contributed by atoms with van der Waals surface area (Å²) in [4.78, 5) is 26.7. The molecule has 0 unspecified atom stereocenters. The minimum atomic E-state index is -0.274. The number of phenols is 2. The van der Waals surface area contributed by atoms with Crippen LogP contribution in [-0.2, 0) is 0 Å². The van der Waals surface area contributed by atoms with Crippen LogP contribution in [0.2, 0.25) is 0 Å². The van der Waals surface area contributed by atoms with E-state index in [-0.39, 0.29) is 28.6 Å². The summed E-state index contributed by atoms with van der Waals surface area (Å²) >= 11 is 0. The molecule has 0 bridgehead atoms. The molecule has 3 rings (SSSR count). The lowest BCUT2D eigenvalue weighted by Crippen LogP contribution is -1.95. The molecule has 2 aromatic carbocycles. The summed E-state index contributed by atoms with van der Waals surface area (Å²) in [5.74, 6) is 0.476. The van der Waals surface area contributed by atoms with E-state index in [9.17, 15) is 19.8 Å². The van der Waals surface area contributed by atoms with Gasteiger partial charge in [0.25, 0.3) is 0 Å². The third kappa shape index (κ3) is 6.71. The Bertz CT molecular complexity index is 1080. The van der Waals surface area contributed by atoms with Crippen molar-refractivity contribution < 1.29 is 29.3 Å². The topological polar surface area (TPSA) is 106 Å². The fourth-order valence-corrected chi connectivity index (χ4v) is 2.52. The van der Waals surface area contributed by atoms with Crippen LogP contribution >= 0.6 is 0 Å². The summed E-state index contributed by atoms with van der Waals surface area (Å²) in [5, 5.41) is 19.0. The van der Waals surface area contributed by atoms with E-state index in [1.807, 2.05) is 6.07 Å². The number of hydrogen-bond acceptors (Lipinski definition) is 7. The number of benzene rings is 2. The van der Waals surface area contributed by atoms with Gasteiger partial charge >= 0.3 is 0 Å². The van der Waals surface area contributed by atoms with Crippen LogP contribution in [0.4, 0.5) is 0 Å². The van der Waals surface area contributed by atoms with Crippen molar-refractivity contribution in [3.05, 3.63) is 83.7 Å². The van der Waals surface area contributed by atoms with E-state index in [4.69, 9.17) is 9.47 Å². The van der Waals surface area contributed by atoms with E-state index in [0.29, 0.717) is 17.1 Å². The summed E-state index contributed by atoms with van der Waals surface area (Å²) in [6.07, 6.45) is 6.36. The average molecular weight is 421 g/mol. The molecule has 0 radical (unpaired) electrons. The molecule has 31 heavy (non-hydrogen) atoms. The number of pyridine rings is 1. The Kier molecular flexibility index (Phi) is 8.33. The SMILES string of the molecule is COc1ccc(C(=O)/C=C/c2cccnc2)c(O)c1.COc1ccc(C(C)=O)c(O)c1. The van der Waals surface area contributed by atoms with Crippen LogP contribution in [0.15, 0.2) is 67.0 Å². The lowest BCUT2D eigenvalue weighted by Gasteiger charge is -2.03. The normalized spacial score (nSPS) is 10.2. The molecule has 0 aliphatic rings. The Morgan fingerprint density at radius 1 is 0.903 bits per heavy atom. The van der Waals surface area contributed by atoms with Gasteiger partial charge in [-0.05, 0) is 55.0 Å². The monoisotopic (exact) mass is 421 g/mol. The Labute approximate surface area is 180 Å². The van der Waals surface area contributed by atoms with Gasteiger partial charge in [0, 0.05) is 24.5 Å². The zero-order valence-corrected chi connectivity index (χ0v) is 17.4. The van der Waals surface area contributed by atoms with Crippen molar-refractivity contribution in [1.29, 1.82) is 0 Å². The second kappa shape index (κ2) is 11.2.